The number of hydrogen-bond acceptors (Lipinski definition) is 2. The van der Waals surface area contributed by atoms with Crippen molar-refractivity contribution in [3.8, 4) is 0 Å². The minimum absolute atomic E-state index is 0.0169. The van der Waals surface area contributed by atoms with Gasteiger partial charge in [0.25, 0.3) is 0 Å². The molecule has 0 aliphatic rings. The van der Waals surface area contributed by atoms with Crippen LogP contribution in [0.5, 0.6) is 0 Å². The zero-order valence-corrected chi connectivity index (χ0v) is 12.5. The molecule has 0 radical (unpaired) electrons. The Kier molecular flexibility index (Phi) is 5.59. The van der Waals surface area contributed by atoms with Crippen molar-refractivity contribution in [2.24, 2.45) is 0 Å². The summed E-state index contributed by atoms with van der Waals surface area (Å²) in [6, 6.07) is 7.67. The molecule has 114 valence electrons. The van der Waals surface area contributed by atoms with Gasteiger partial charge in [0, 0.05) is 18.6 Å². The second-order valence-corrected chi connectivity index (χ2v) is 6.21. The minimum Gasteiger partial charge on any atom is -0.308 e. The van der Waals surface area contributed by atoms with Gasteiger partial charge in [0.2, 0.25) is 0 Å². The maximum Gasteiger partial charge on any atom is 0.401 e. The molecule has 1 rings (SSSR count). The van der Waals surface area contributed by atoms with E-state index < -0.39 is 12.7 Å². The van der Waals surface area contributed by atoms with Crippen LogP contribution in [0.25, 0.3) is 0 Å². The van der Waals surface area contributed by atoms with Crippen molar-refractivity contribution >= 4 is 0 Å². The van der Waals surface area contributed by atoms with E-state index in [0.29, 0.717) is 13.1 Å². The van der Waals surface area contributed by atoms with Crippen LogP contribution in [-0.2, 0) is 13.1 Å². The van der Waals surface area contributed by atoms with Gasteiger partial charge < -0.3 is 5.32 Å². The van der Waals surface area contributed by atoms with Gasteiger partial charge in [-0.3, -0.25) is 4.90 Å². The van der Waals surface area contributed by atoms with Crippen molar-refractivity contribution in [3.63, 3.8) is 0 Å². The average molecular weight is 288 g/mol. The predicted octanol–water partition coefficient (Wildman–Crippen LogP) is 3.57. The zero-order chi connectivity index (χ0) is 15.4. The molecule has 1 N–H and O–H groups in total. The van der Waals surface area contributed by atoms with Crippen molar-refractivity contribution in [1.29, 1.82) is 0 Å². The minimum atomic E-state index is -4.15. The molecule has 5 heteroatoms. The van der Waals surface area contributed by atoms with Crippen LogP contribution in [0, 0.1) is 0 Å². The Labute approximate surface area is 119 Å². The lowest BCUT2D eigenvalue weighted by Crippen LogP contribution is -2.35. The number of halogens is 3. The second-order valence-electron chi connectivity index (χ2n) is 6.21. The second kappa shape index (κ2) is 6.59. The number of alkyl halides is 3. The standard InChI is InChI=1S/C15H23F3N2/c1-14(2,3)19-9-12-6-5-7-13(8-12)10-20(4)11-15(16,17)18/h5-8,19H,9-11H2,1-4H3. The van der Waals surface area contributed by atoms with Gasteiger partial charge in [-0.15, -0.1) is 0 Å². The molecular formula is C15H23F3N2. The fourth-order valence-electron chi connectivity index (χ4n) is 1.88. The van der Waals surface area contributed by atoms with E-state index in [2.05, 4.69) is 26.1 Å². The van der Waals surface area contributed by atoms with Crippen molar-refractivity contribution in [2.75, 3.05) is 13.6 Å². The summed E-state index contributed by atoms with van der Waals surface area (Å²) in [4.78, 5) is 1.27. The largest absolute Gasteiger partial charge is 0.401 e. The van der Waals surface area contributed by atoms with Crippen molar-refractivity contribution in [1.82, 2.24) is 10.2 Å². The first kappa shape index (κ1) is 17.0. The van der Waals surface area contributed by atoms with Crippen LogP contribution >= 0.6 is 0 Å². The normalized spacial score (nSPS) is 13.0. The molecule has 20 heavy (non-hydrogen) atoms. The lowest BCUT2D eigenvalue weighted by molar-refractivity contribution is -0.144. The topological polar surface area (TPSA) is 15.3 Å². The van der Waals surface area contributed by atoms with Gasteiger partial charge in [0.15, 0.2) is 0 Å². The highest BCUT2D eigenvalue weighted by molar-refractivity contribution is 5.23. The predicted molar refractivity (Wildman–Crippen MR) is 75.4 cm³/mol. The first-order valence-electron chi connectivity index (χ1n) is 6.63. The maximum atomic E-state index is 12.3. The molecule has 0 bridgehead atoms. The van der Waals surface area contributed by atoms with E-state index in [1.807, 2.05) is 24.3 Å². The first-order valence-corrected chi connectivity index (χ1v) is 6.63. The van der Waals surface area contributed by atoms with Gasteiger partial charge in [0.05, 0.1) is 6.54 Å². The smallest absolute Gasteiger partial charge is 0.308 e. The summed E-state index contributed by atoms with van der Waals surface area (Å²) >= 11 is 0. The van der Waals surface area contributed by atoms with Gasteiger partial charge in [-0.25, -0.2) is 0 Å². The number of nitrogens with zero attached hydrogens (tertiary/aromatic N) is 1. The molecular weight excluding hydrogens is 265 g/mol. The van der Waals surface area contributed by atoms with E-state index in [-0.39, 0.29) is 5.54 Å². The molecule has 1 aromatic rings. The molecule has 0 fully saturated rings. The number of nitrogens with one attached hydrogen (secondary N) is 1. The van der Waals surface area contributed by atoms with Crippen LogP contribution in [0.2, 0.25) is 0 Å². The highest BCUT2D eigenvalue weighted by atomic mass is 19.4. The summed E-state index contributed by atoms with van der Waals surface area (Å²) in [6.45, 7) is 6.34. The summed E-state index contributed by atoms with van der Waals surface area (Å²) in [5.74, 6) is 0. The molecule has 0 saturated heterocycles. The van der Waals surface area contributed by atoms with E-state index in [1.165, 1.54) is 11.9 Å². The molecule has 0 saturated carbocycles. The first-order chi connectivity index (χ1) is 9.05. The molecule has 0 amide bonds. The molecule has 0 aliphatic carbocycles. The quantitative estimate of drug-likeness (QED) is 0.891. The Morgan fingerprint density at radius 2 is 1.70 bits per heavy atom. The SMILES string of the molecule is CN(Cc1cccc(CNC(C)(C)C)c1)CC(F)(F)F. The number of hydrogen-bond donors (Lipinski definition) is 1. The third-order valence-corrected chi connectivity index (χ3v) is 2.72. The lowest BCUT2D eigenvalue weighted by atomic mass is 10.1. The molecule has 0 heterocycles. The zero-order valence-electron chi connectivity index (χ0n) is 12.5. The van der Waals surface area contributed by atoms with E-state index >= 15 is 0 Å². The van der Waals surface area contributed by atoms with Crippen molar-refractivity contribution in [3.05, 3.63) is 35.4 Å². The lowest BCUT2D eigenvalue weighted by Gasteiger charge is -2.21. The van der Waals surface area contributed by atoms with Crippen LogP contribution < -0.4 is 5.32 Å². The third kappa shape index (κ3) is 7.50. The van der Waals surface area contributed by atoms with Gasteiger partial charge in [-0.2, -0.15) is 13.2 Å². The van der Waals surface area contributed by atoms with Crippen LogP contribution in [0.1, 0.15) is 31.9 Å². The fourth-order valence-corrected chi connectivity index (χ4v) is 1.88. The van der Waals surface area contributed by atoms with E-state index in [1.54, 1.807) is 0 Å². The molecule has 0 spiro atoms. The molecule has 1 aromatic carbocycles. The summed E-state index contributed by atoms with van der Waals surface area (Å²) in [5, 5.41) is 3.36. The summed E-state index contributed by atoms with van der Waals surface area (Å²) < 4.78 is 36.9. The number of benzene rings is 1. The summed E-state index contributed by atoms with van der Waals surface area (Å²) in [5.41, 5.74) is 1.99. The Bertz CT molecular complexity index is 422. The highest BCUT2D eigenvalue weighted by Crippen LogP contribution is 2.17. The summed E-state index contributed by atoms with van der Waals surface area (Å²) in [6.07, 6.45) is -4.15. The van der Waals surface area contributed by atoms with Crippen LogP contribution in [0.15, 0.2) is 24.3 Å². The van der Waals surface area contributed by atoms with E-state index in [9.17, 15) is 13.2 Å². The third-order valence-electron chi connectivity index (χ3n) is 2.72. The van der Waals surface area contributed by atoms with Crippen LogP contribution in [0.3, 0.4) is 0 Å². The van der Waals surface area contributed by atoms with Crippen molar-refractivity contribution < 1.29 is 13.2 Å². The van der Waals surface area contributed by atoms with E-state index in [4.69, 9.17) is 0 Å². The molecule has 0 atom stereocenters. The number of rotatable bonds is 5. The van der Waals surface area contributed by atoms with Crippen molar-refractivity contribution in [2.45, 2.75) is 45.6 Å². The Balaban J connectivity index is 2.59. The molecule has 0 aliphatic heterocycles. The van der Waals surface area contributed by atoms with Gasteiger partial charge in [-0.05, 0) is 38.9 Å². The Morgan fingerprint density at radius 1 is 1.10 bits per heavy atom. The fraction of sp³-hybridized carbons (Fsp3) is 0.600. The molecule has 2 nitrogen and oxygen atoms in total. The van der Waals surface area contributed by atoms with Gasteiger partial charge in [0.1, 0.15) is 0 Å². The highest BCUT2D eigenvalue weighted by Gasteiger charge is 2.29. The Morgan fingerprint density at radius 3 is 2.25 bits per heavy atom. The van der Waals surface area contributed by atoms with Crippen LogP contribution in [-0.4, -0.2) is 30.2 Å². The maximum absolute atomic E-state index is 12.3. The monoisotopic (exact) mass is 288 g/mol. The molecule has 0 unspecified atom stereocenters. The summed E-state index contributed by atoms with van der Waals surface area (Å²) in [7, 11) is 1.48. The average Bonchev–Trinajstić information content (AvgIpc) is 2.23. The van der Waals surface area contributed by atoms with Crippen LogP contribution in [0.4, 0.5) is 13.2 Å². The van der Waals surface area contributed by atoms with E-state index in [0.717, 1.165) is 11.1 Å². The van der Waals surface area contributed by atoms with Gasteiger partial charge in [-0.1, -0.05) is 24.3 Å². The Hall–Kier alpha value is -1.07. The van der Waals surface area contributed by atoms with Gasteiger partial charge >= 0.3 is 6.18 Å². The molecule has 0 aromatic heterocycles.